The van der Waals surface area contributed by atoms with Gasteiger partial charge in [0.1, 0.15) is 0 Å². The fourth-order valence-electron chi connectivity index (χ4n) is 1.64. The highest BCUT2D eigenvalue weighted by atomic mass is 32.2. The molecule has 6 heteroatoms. The smallest absolute Gasteiger partial charge is 0.336 e. The number of rotatable bonds is 5. The summed E-state index contributed by atoms with van der Waals surface area (Å²) in [5, 5.41) is 28.4. The number of aromatic nitrogens is 1. The molecule has 0 aliphatic heterocycles. The van der Waals surface area contributed by atoms with Crippen LogP contribution < -0.4 is 0 Å². The van der Waals surface area contributed by atoms with Gasteiger partial charge in [0.15, 0.2) is 0 Å². The van der Waals surface area contributed by atoms with Gasteiger partial charge in [-0.05, 0) is 12.1 Å². The summed E-state index contributed by atoms with van der Waals surface area (Å²) in [5.41, 5.74) is 0.787. The molecule has 1 unspecified atom stereocenters. The Hall–Kier alpha value is -1.63. The molecule has 0 amide bonds. The largest absolute Gasteiger partial charge is 0.478 e. The number of carboxylic acid groups (broad SMARTS) is 1. The lowest BCUT2D eigenvalue weighted by Gasteiger charge is -2.08. The number of hydrogen-bond acceptors (Lipinski definition) is 5. The van der Waals surface area contributed by atoms with Gasteiger partial charge in [0, 0.05) is 11.1 Å². The molecule has 19 heavy (non-hydrogen) atoms. The molecule has 0 bridgehead atoms. The first-order valence-corrected chi connectivity index (χ1v) is 6.65. The van der Waals surface area contributed by atoms with E-state index in [1.807, 2.05) is 0 Å². The van der Waals surface area contributed by atoms with E-state index in [-0.39, 0.29) is 17.9 Å². The zero-order chi connectivity index (χ0) is 13.8. The lowest BCUT2D eigenvalue weighted by atomic mass is 10.1. The zero-order valence-electron chi connectivity index (χ0n) is 9.98. The summed E-state index contributed by atoms with van der Waals surface area (Å²) in [6, 6.07) is 8.49. The molecule has 2 rings (SSSR count). The molecule has 0 radical (unpaired) electrons. The van der Waals surface area contributed by atoms with Crippen molar-refractivity contribution < 1.29 is 20.1 Å². The number of carboxylic acids is 1. The molecule has 0 saturated heterocycles. The molecule has 0 aliphatic rings. The quantitative estimate of drug-likeness (QED) is 0.716. The lowest BCUT2D eigenvalue weighted by molar-refractivity contribution is 0.0698. The van der Waals surface area contributed by atoms with Gasteiger partial charge < -0.3 is 15.3 Å². The molecule has 5 nitrogen and oxygen atoms in total. The molecule has 0 spiro atoms. The predicted octanol–water partition coefficient (Wildman–Crippen LogP) is 1.38. The highest BCUT2D eigenvalue weighted by Crippen LogP contribution is 2.24. The molecule has 1 aromatic heterocycles. The Morgan fingerprint density at radius 3 is 2.79 bits per heavy atom. The average Bonchev–Trinajstić information content (AvgIpc) is 2.43. The Morgan fingerprint density at radius 1 is 1.37 bits per heavy atom. The third-order valence-corrected chi connectivity index (χ3v) is 3.61. The van der Waals surface area contributed by atoms with E-state index in [2.05, 4.69) is 4.98 Å². The Kier molecular flexibility index (Phi) is 4.36. The molecule has 1 heterocycles. The van der Waals surface area contributed by atoms with Gasteiger partial charge in [0.25, 0.3) is 0 Å². The summed E-state index contributed by atoms with van der Waals surface area (Å²) in [5.74, 6) is -0.746. The lowest BCUT2D eigenvalue weighted by Crippen LogP contribution is -2.14. The van der Waals surface area contributed by atoms with E-state index in [0.29, 0.717) is 15.9 Å². The molecule has 0 saturated carbocycles. The minimum absolute atomic E-state index is 0.187. The van der Waals surface area contributed by atoms with Gasteiger partial charge in [0.2, 0.25) is 0 Å². The van der Waals surface area contributed by atoms with Crippen molar-refractivity contribution >= 4 is 28.6 Å². The van der Waals surface area contributed by atoms with Gasteiger partial charge in [-0.25, -0.2) is 9.78 Å². The van der Waals surface area contributed by atoms with Crippen molar-refractivity contribution in [1.29, 1.82) is 0 Å². The number of aliphatic hydroxyl groups excluding tert-OH is 2. The number of pyridine rings is 1. The second-order valence-corrected chi connectivity index (χ2v) is 5.02. The summed E-state index contributed by atoms with van der Waals surface area (Å²) in [6.45, 7) is -0.327. The SMILES string of the molecule is O=C(O)c1cc(SCC(O)CO)nc2ccccc12. The van der Waals surface area contributed by atoms with Crippen molar-refractivity contribution in [3.05, 3.63) is 35.9 Å². The number of aliphatic hydroxyl groups is 2. The van der Waals surface area contributed by atoms with Crippen LogP contribution in [0.3, 0.4) is 0 Å². The van der Waals surface area contributed by atoms with E-state index < -0.39 is 12.1 Å². The van der Waals surface area contributed by atoms with E-state index in [4.69, 9.17) is 5.11 Å². The number of benzene rings is 1. The van der Waals surface area contributed by atoms with Crippen LogP contribution in [0.1, 0.15) is 10.4 Å². The van der Waals surface area contributed by atoms with Crippen LogP contribution in [0.5, 0.6) is 0 Å². The number of nitrogens with zero attached hydrogens (tertiary/aromatic N) is 1. The normalized spacial score (nSPS) is 12.5. The van der Waals surface area contributed by atoms with Crippen molar-refractivity contribution in [2.24, 2.45) is 0 Å². The van der Waals surface area contributed by atoms with Crippen molar-refractivity contribution in [2.75, 3.05) is 12.4 Å². The predicted molar refractivity (Wildman–Crippen MR) is 72.5 cm³/mol. The van der Waals surface area contributed by atoms with Crippen molar-refractivity contribution in [3.8, 4) is 0 Å². The van der Waals surface area contributed by atoms with Gasteiger partial charge in [-0.3, -0.25) is 0 Å². The maximum atomic E-state index is 11.2. The van der Waals surface area contributed by atoms with E-state index in [1.165, 1.54) is 17.8 Å². The molecule has 0 aliphatic carbocycles. The first-order chi connectivity index (χ1) is 9.11. The monoisotopic (exact) mass is 279 g/mol. The Labute approximate surface area is 113 Å². The van der Waals surface area contributed by atoms with E-state index >= 15 is 0 Å². The summed E-state index contributed by atoms with van der Waals surface area (Å²) in [6.07, 6.45) is -0.841. The van der Waals surface area contributed by atoms with Gasteiger partial charge in [-0.15, -0.1) is 11.8 Å². The minimum Gasteiger partial charge on any atom is -0.478 e. The standard InChI is InChI=1S/C13H13NO4S/c15-6-8(16)7-19-12-5-10(13(17)18)9-3-1-2-4-11(9)14-12/h1-5,8,15-16H,6-7H2,(H,17,18). The van der Waals surface area contributed by atoms with Gasteiger partial charge in [-0.1, -0.05) is 18.2 Å². The first-order valence-electron chi connectivity index (χ1n) is 5.66. The van der Waals surface area contributed by atoms with Crippen molar-refractivity contribution in [1.82, 2.24) is 4.98 Å². The van der Waals surface area contributed by atoms with Gasteiger partial charge in [-0.2, -0.15) is 0 Å². The summed E-state index contributed by atoms with van der Waals surface area (Å²) >= 11 is 1.22. The van der Waals surface area contributed by atoms with E-state index in [9.17, 15) is 15.0 Å². The van der Waals surface area contributed by atoms with E-state index in [0.717, 1.165) is 0 Å². The molecule has 1 atom stereocenters. The second kappa shape index (κ2) is 6.01. The Bertz CT molecular complexity index is 602. The highest BCUT2D eigenvalue weighted by molar-refractivity contribution is 7.99. The summed E-state index contributed by atoms with van der Waals surface area (Å²) in [7, 11) is 0. The first kappa shape index (κ1) is 13.8. The second-order valence-electron chi connectivity index (χ2n) is 3.98. The number of para-hydroxylation sites is 1. The van der Waals surface area contributed by atoms with Crippen LogP contribution in [-0.4, -0.2) is 44.7 Å². The molecule has 0 fully saturated rings. The average molecular weight is 279 g/mol. The van der Waals surface area contributed by atoms with Crippen LogP contribution in [0.2, 0.25) is 0 Å². The minimum atomic E-state index is -1.01. The fraction of sp³-hybridized carbons (Fsp3) is 0.231. The topological polar surface area (TPSA) is 90.7 Å². The van der Waals surface area contributed by atoms with Crippen LogP contribution in [0, 0.1) is 0 Å². The van der Waals surface area contributed by atoms with Crippen LogP contribution in [0.15, 0.2) is 35.4 Å². The van der Waals surface area contributed by atoms with Crippen molar-refractivity contribution in [3.63, 3.8) is 0 Å². The molecule has 100 valence electrons. The zero-order valence-corrected chi connectivity index (χ0v) is 10.8. The molecule has 1 aromatic carbocycles. The van der Waals surface area contributed by atoms with Crippen molar-refractivity contribution in [2.45, 2.75) is 11.1 Å². The van der Waals surface area contributed by atoms with Crippen LogP contribution in [0.4, 0.5) is 0 Å². The van der Waals surface area contributed by atoms with Crippen LogP contribution >= 0.6 is 11.8 Å². The molecular weight excluding hydrogens is 266 g/mol. The molecule has 2 aromatic rings. The summed E-state index contributed by atoms with van der Waals surface area (Å²) < 4.78 is 0. The van der Waals surface area contributed by atoms with Crippen LogP contribution in [0.25, 0.3) is 10.9 Å². The third kappa shape index (κ3) is 3.23. The third-order valence-electron chi connectivity index (χ3n) is 2.56. The Balaban J connectivity index is 2.38. The Morgan fingerprint density at radius 2 is 2.11 bits per heavy atom. The number of fused-ring (bicyclic) bond motifs is 1. The van der Waals surface area contributed by atoms with Crippen LogP contribution in [-0.2, 0) is 0 Å². The highest BCUT2D eigenvalue weighted by Gasteiger charge is 2.12. The fourth-order valence-corrected chi connectivity index (χ4v) is 2.47. The maximum absolute atomic E-state index is 11.2. The molecular formula is C13H13NO4S. The number of aromatic carboxylic acids is 1. The number of thioether (sulfide) groups is 1. The van der Waals surface area contributed by atoms with E-state index in [1.54, 1.807) is 24.3 Å². The summed E-state index contributed by atoms with van der Waals surface area (Å²) in [4.78, 5) is 15.6. The number of carbonyl (C=O) groups is 1. The molecule has 3 N–H and O–H groups in total. The number of hydrogen-bond donors (Lipinski definition) is 3. The maximum Gasteiger partial charge on any atom is 0.336 e. The van der Waals surface area contributed by atoms with Gasteiger partial charge in [0.05, 0.1) is 28.8 Å². The van der Waals surface area contributed by atoms with Gasteiger partial charge >= 0.3 is 5.97 Å².